The highest BCUT2D eigenvalue weighted by Gasteiger charge is 2.16. The van der Waals surface area contributed by atoms with E-state index in [2.05, 4.69) is 13.5 Å². The number of aliphatic hydroxyl groups is 1. The minimum absolute atomic E-state index is 0.0809. The predicted octanol–water partition coefficient (Wildman–Crippen LogP) is 1.74. The largest absolute Gasteiger partial charge is 0.385 e. The molecule has 0 fully saturated rings. The fraction of sp³-hybridized carbons (Fsp3) is 0.600. The van der Waals surface area contributed by atoms with Crippen molar-refractivity contribution in [1.82, 2.24) is 0 Å². The second kappa shape index (κ2) is 4.41. The Kier molecular flexibility index (Phi) is 4.18. The van der Waals surface area contributed by atoms with Crippen LogP contribution in [-0.4, -0.2) is 17.0 Å². The van der Waals surface area contributed by atoms with Gasteiger partial charge in [0.25, 0.3) is 0 Å². The third kappa shape index (κ3) is 5.08. The van der Waals surface area contributed by atoms with Gasteiger partial charge in [-0.15, -0.1) is 0 Å². The van der Waals surface area contributed by atoms with Crippen LogP contribution in [0.25, 0.3) is 0 Å². The Bertz CT molecular complexity index is 165. The summed E-state index contributed by atoms with van der Waals surface area (Å²) in [7, 11) is 0. The van der Waals surface area contributed by atoms with Gasteiger partial charge in [-0.2, -0.15) is 0 Å². The first kappa shape index (κ1) is 11.4. The molecule has 0 aromatic rings. The maximum Gasteiger partial charge on any atom is 0.183 e. The molecule has 0 aromatic heterocycles. The molecule has 0 aliphatic rings. The summed E-state index contributed by atoms with van der Waals surface area (Å²) in [6, 6.07) is 0. The summed E-state index contributed by atoms with van der Waals surface area (Å²) in [6.07, 6.45) is 1.44. The van der Waals surface area contributed by atoms with Crippen LogP contribution in [0.3, 0.4) is 0 Å². The van der Waals surface area contributed by atoms with Crippen LogP contribution in [0.1, 0.15) is 26.7 Å². The highest BCUT2D eigenvalue weighted by atomic mass is 16.3. The molecule has 0 aliphatic carbocycles. The molecule has 1 atom stereocenters. The van der Waals surface area contributed by atoms with Crippen molar-refractivity contribution in [1.29, 1.82) is 0 Å². The molecule has 0 aliphatic heterocycles. The average molecular weight is 169 g/mol. The van der Waals surface area contributed by atoms with Gasteiger partial charge >= 0.3 is 0 Å². The van der Waals surface area contributed by atoms with Crippen molar-refractivity contribution < 1.29 is 9.90 Å². The van der Waals surface area contributed by atoms with Gasteiger partial charge in [0.2, 0.25) is 0 Å². The Labute approximate surface area is 74.3 Å². The first-order valence-corrected chi connectivity index (χ1v) is 4.06. The molecule has 0 heterocycles. The fourth-order valence-corrected chi connectivity index (χ4v) is 0.806. The Morgan fingerprint density at radius 1 is 1.67 bits per heavy atom. The van der Waals surface area contributed by atoms with Gasteiger partial charge in [-0.05, 0) is 31.3 Å². The van der Waals surface area contributed by atoms with Gasteiger partial charge in [0.05, 0.1) is 0 Å². The smallest absolute Gasteiger partial charge is 0.183 e. The number of carbonyl (C=O) groups excluding carboxylic acids is 1. The molecule has 69 valence electrons. The molecule has 0 aromatic carbocycles. The van der Waals surface area contributed by atoms with Gasteiger partial charge < -0.3 is 5.11 Å². The first-order valence-electron chi connectivity index (χ1n) is 4.06. The SMILES string of the molecule is [CH2]C(C)(C)CCC(O)C(=O)C=C. The third-order valence-corrected chi connectivity index (χ3v) is 1.62. The summed E-state index contributed by atoms with van der Waals surface area (Å²) in [4.78, 5) is 10.8. The number of aliphatic hydroxyl groups excluding tert-OH is 1. The van der Waals surface area contributed by atoms with Gasteiger partial charge in [-0.1, -0.05) is 20.4 Å². The second-order valence-corrected chi connectivity index (χ2v) is 3.83. The van der Waals surface area contributed by atoms with Gasteiger partial charge in [0.15, 0.2) is 5.78 Å². The topological polar surface area (TPSA) is 37.3 Å². The lowest BCUT2D eigenvalue weighted by Gasteiger charge is -2.18. The average Bonchev–Trinajstić information content (AvgIpc) is 1.97. The number of hydrogen-bond donors (Lipinski definition) is 1. The van der Waals surface area contributed by atoms with Crippen molar-refractivity contribution in [2.45, 2.75) is 32.8 Å². The molecule has 2 nitrogen and oxygen atoms in total. The summed E-state index contributed by atoms with van der Waals surface area (Å²) >= 11 is 0. The van der Waals surface area contributed by atoms with Crippen molar-refractivity contribution in [3.63, 3.8) is 0 Å². The van der Waals surface area contributed by atoms with Crippen molar-refractivity contribution >= 4 is 5.78 Å². The summed E-state index contributed by atoms with van der Waals surface area (Å²) < 4.78 is 0. The zero-order valence-electron chi connectivity index (χ0n) is 7.84. The molecule has 2 heteroatoms. The van der Waals surface area contributed by atoms with Crippen molar-refractivity contribution in [2.75, 3.05) is 0 Å². The van der Waals surface area contributed by atoms with E-state index in [4.69, 9.17) is 0 Å². The van der Waals surface area contributed by atoms with E-state index in [0.717, 1.165) is 12.5 Å². The molecule has 1 unspecified atom stereocenters. The van der Waals surface area contributed by atoms with Gasteiger partial charge in [0, 0.05) is 0 Å². The van der Waals surface area contributed by atoms with E-state index in [0.29, 0.717) is 6.42 Å². The lowest BCUT2D eigenvalue weighted by Crippen LogP contribution is -2.20. The minimum Gasteiger partial charge on any atom is -0.385 e. The minimum atomic E-state index is -0.900. The Morgan fingerprint density at radius 3 is 2.50 bits per heavy atom. The fourth-order valence-electron chi connectivity index (χ4n) is 0.806. The van der Waals surface area contributed by atoms with E-state index >= 15 is 0 Å². The van der Waals surface area contributed by atoms with Crippen LogP contribution >= 0.6 is 0 Å². The van der Waals surface area contributed by atoms with Crippen LogP contribution in [0.4, 0.5) is 0 Å². The molecule has 0 saturated heterocycles. The lowest BCUT2D eigenvalue weighted by molar-refractivity contribution is -0.122. The number of carbonyl (C=O) groups is 1. The zero-order chi connectivity index (χ0) is 9.78. The lowest BCUT2D eigenvalue weighted by atomic mass is 9.88. The monoisotopic (exact) mass is 169 g/mol. The second-order valence-electron chi connectivity index (χ2n) is 3.83. The van der Waals surface area contributed by atoms with Crippen LogP contribution in [-0.2, 0) is 4.79 Å². The van der Waals surface area contributed by atoms with Crippen molar-refractivity contribution in [3.8, 4) is 0 Å². The quantitative estimate of drug-likeness (QED) is 0.636. The summed E-state index contributed by atoms with van der Waals surface area (Å²) in [5, 5.41) is 9.23. The summed E-state index contributed by atoms with van der Waals surface area (Å²) in [5.41, 5.74) is -0.0809. The van der Waals surface area contributed by atoms with Gasteiger partial charge in [-0.3, -0.25) is 4.79 Å². The molecule has 0 saturated carbocycles. The van der Waals surface area contributed by atoms with E-state index in [1.54, 1.807) is 0 Å². The predicted molar refractivity (Wildman–Crippen MR) is 49.6 cm³/mol. The number of ketones is 1. The van der Waals surface area contributed by atoms with E-state index in [1.165, 1.54) is 0 Å². The van der Waals surface area contributed by atoms with Gasteiger partial charge in [0.1, 0.15) is 6.10 Å². The first-order chi connectivity index (χ1) is 5.37. The molecular weight excluding hydrogens is 152 g/mol. The maximum absolute atomic E-state index is 10.8. The molecule has 1 radical (unpaired) electrons. The molecular formula is C10H17O2. The normalized spacial score (nSPS) is 14.0. The number of hydrogen-bond acceptors (Lipinski definition) is 2. The molecule has 12 heavy (non-hydrogen) atoms. The zero-order valence-corrected chi connectivity index (χ0v) is 7.84. The van der Waals surface area contributed by atoms with Crippen LogP contribution in [0.2, 0.25) is 0 Å². The maximum atomic E-state index is 10.8. The molecule has 0 spiro atoms. The highest BCUT2D eigenvalue weighted by Crippen LogP contribution is 2.21. The Morgan fingerprint density at radius 2 is 2.17 bits per heavy atom. The van der Waals surface area contributed by atoms with E-state index in [9.17, 15) is 9.90 Å². The van der Waals surface area contributed by atoms with Crippen LogP contribution in [0, 0.1) is 12.3 Å². The van der Waals surface area contributed by atoms with E-state index in [1.807, 2.05) is 13.8 Å². The highest BCUT2D eigenvalue weighted by molar-refractivity contribution is 5.92. The molecule has 0 rings (SSSR count). The summed E-state index contributed by atoms with van der Waals surface area (Å²) in [6.45, 7) is 11.1. The number of rotatable bonds is 5. The standard InChI is InChI=1S/C10H17O2/c1-5-8(11)9(12)6-7-10(2,3)4/h5,9,12H,1-2,6-7H2,3-4H3. The Hall–Kier alpha value is -0.630. The summed E-state index contributed by atoms with van der Waals surface area (Å²) in [5.74, 6) is -0.306. The van der Waals surface area contributed by atoms with E-state index in [-0.39, 0.29) is 11.2 Å². The molecule has 1 N–H and O–H groups in total. The van der Waals surface area contributed by atoms with E-state index < -0.39 is 6.10 Å². The van der Waals surface area contributed by atoms with Crippen molar-refractivity contribution in [2.24, 2.45) is 5.41 Å². The Balaban J connectivity index is 3.79. The van der Waals surface area contributed by atoms with Crippen LogP contribution in [0.15, 0.2) is 12.7 Å². The molecule has 0 amide bonds. The van der Waals surface area contributed by atoms with Crippen LogP contribution < -0.4 is 0 Å². The third-order valence-electron chi connectivity index (χ3n) is 1.62. The van der Waals surface area contributed by atoms with Gasteiger partial charge in [-0.25, -0.2) is 0 Å². The molecule has 0 bridgehead atoms. The van der Waals surface area contributed by atoms with Crippen LogP contribution in [0.5, 0.6) is 0 Å². The van der Waals surface area contributed by atoms with Crippen molar-refractivity contribution in [3.05, 3.63) is 19.6 Å².